The fourth-order valence-corrected chi connectivity index (χ4v) is 4.02. The van der Waals surface area contributed by atoms with Gasteiger partial charge in [-0.05, 0) is 48.7 Å². The van der Waals surface area contributed by atoms with Crippen molar-refractivity contribution in [3.05, 3.63) is 82.9 Å². The summed E-state index contributed by atoms with van der Waals surface area (Å²) in [5.41, 5.74) is 1.09. The Labute approximate surface area is 191 Å². The number of benzene rings is 3. The second kappa shape index (κ2) is 10.1. The van der Waals surface area contributed by atoms with Gasteiger partial charge in [0.05, 0.1) is 13.2 Å². The highest BCUT2D eigenvalue weighted by atomic mass is 19.1. The molecular formula is C27H26F4O2. The van der Waals surface area contributed by atoms with E-state index in [9.17, 15) is 17.6 Å². The molecule has 3 aromatic rings. The maximum absolute atomic E-state index is 14.9. The van der Waals surface area contributed by atoms with E-state index in [4.69, 9.17) is 9.47 Å². The molecule has 1 aliphatic rings. The minimum Gasteiger partial charge on any atom is -0.348 e. The van der Waals surface area contributed by atoms with Crippen LogP contribution in [0.25, 0.3) is 22.3 Å². The third-order valence-corrected chi connectivity index (χ3v) is 6.07. The lowest BCUT2D eigenvalue weighted by Gasteiger charge is -2.29. The first-order valence-corrected chi connectivity index (χ1v) is 11.2. The minimum atomic E-state index is -0.751. The quantitative estimate of drug-likeness (QED) is 0.352. The van der Waals surface area contributed by atoms with E-state index in [0.29, 0.717) is 30.3 Å². The summed E-state index contributed by atoms with van der Waals surface area (Å²) in [6, 6.07) is 10.8. The molecule has 0 spiro atoms. The van der Waals surface area contributed by atoms with E-state index >= 15 is 0 Å². The average Bonchev–Trinajstić information content (AvgIpc) is 2.81. The lowest BCUT2D eigenvalue weighted by molar-refractivity contribution is -0.206. The van der Waals surface area contributed by atoms with Crippen molar-refractivity contribution in [2.24, 2.45) is 5.92 Å². The zero-order valence-corrected chi connectivity index (χ0v) is 18.6. The van der Waals surface area contributed by atoms with Gasteiger partial charge in [0.1, 0.15) is 23.3 Å². The second-order valence-electron chi connectivity index (χ2n) is 8.51. The number of hydrogen-bond acceptors (Lipinski definition) is 2. The Morgan fingerprint density at radius 2 is 1.33 bits per heavy atom. The lowest BCUT2D eigenvalue weighted by Crippen LogP contribution is -2.27. The van der Waals surface area contributed by atoms with Gasteiger partial charge in [0, 0.05) is 28.2 Å². The van der Waals surface area contributed by atoms with Gasteiger partial charge in [-0.3, -0.25) is 0 Å². The Morgan fingerprint density at radius 3 is 1.94 bits per heavy atom. The van der Waals surface area contributed by atoms with Crippen molar-refractivity contribution in [3.63, 3.8) is 0 Å². The number of rotatable bonds is 6. The topological polar surface area (TPSA) is 18.5 Å². The molecule has 4 rings (SSSR count). The molecule has 2 nitrogen and oxygen atoms in total. The van der Waals surface area contributed by atoms with Crippen LogP contribution in [0, 0.1) is 36.1 Å². The Kier molecular flexibility index (Phi) is 7.15. The lowest BCUT2D eigenvalue weighted by atomic mass is 9.97. The van der Waals surface area contributed by atoms with Crippen molar-refractivity contribution in [2.45, 2.75) is 39.4 Å². The summed E-state index contributed by atoms with van der Waals surface area (Å²) in [6.45, 7) is 4.59. The molecule has 1 fully saturated rings. The van der Waals surface area contributed by atoms with Crippen LogP contribution in [0.1, 0.15) is 43.6 Å². The number of ether oxygens (including phenoxy) is 2. The molecular weight excluding hydrogens is 432 g/mol. The fraction of sp³-hybridized carbons (Fsp3) is 0.333. The molecule has 0 bridgehead atoms. The van der Waals surface area contributed by atoms with Crippen LogP contribution in [0.15, 0.2) is 48.5 Å². The van der Waals surface area contributed by atoms with E-state index in [1.807, 2.05) is 0 Å². The molecule has 3 aromatic carbocycles. The van der Waals surface area contributed by atoms with Crippen molar-refractivity contribution in [3.8, 4) is 22.3 Å². The Hall–Kier alpha value is -2.70. The first kappa shape index (κ1) is 23.5. The summed E-state index contributed by atoms with van der Waals surface area (Å²) in [7, 11) is 0. The molecule has 1 heterocycles. The molecule has 0 amide bonds. The normalized spacial score (nSPS) is 18.5. The standard InChI is InChI=1S/C27H26F4O2/c1-3-4-5-17-14-32-27(33-15-17)19-7-9-21(26(31)11-19)18-6-8-22(25(30)10-18)20-12-23(28)16(2)24(29)13-20/h6-13,17,27H,3-5,14-15H2,1-2H3. The van der Waals surface area contributed by atoms with Gasteiger partial charge in [-0.2, -0.15) is 0 Å². The number of unbranched alkanes of at least 4 members (excludes halogenated alkanes) is 1. The molecule has 0 atom stereocenters. The van der Waals surface area contributed by atoms with E-state index in [1.165, 1.54) is 25.1 Å². The van der Waals surface area contributed by atoms with Gasteiger partial charge in [0.15, 0.2) is 6.29 Å². The van der Waals surface area contributed by atoms with Crippen LogP contribution in [0.3, 0.4) is 0 Å². The maximum Gasteiger partial charge on any atom is 0.183 e. The summed E-state index contributed by atoms with van der Waals surface area (Å²) >= 11 is 0. The zero-order chi connectivity index (χ0) is 23.5. The predicted molar refractivity (Wildman–Crippen MR) is 120 cm³/mol. The largest absolute Gasteiger partial charge is 0.348 e. The first-order valence-electron chi connectivity index (χ1n) is 11.2. The predicted octanol–water partition coefficient (Wildman–Crippen LogP) is 7.74. The monoisotopic (exact) mass is 458 g/mol. The van der Waals surface area contributed by atoms with Crippen molar-refractivity contribution in [2.75, 3.05) is 13.2 Å². The zero-order valence-electron chi connectivity index (χ0n) is 18.6. The van der Waals surface area contributed by atoms with E-state index in [-0.39, 0.29) is 22.3 Å². The highest BCUT2D eigenvalue weighted by Gasteiger charge is 2.24. The smallest absolute Gasteiger partial charge is 0.183 e. The summed E-state index contributed by atoms with van der Waals surface area (Å²) in [5.74, 6) is -2.39. The van der Waals surface area contributed by atoms with Crippen LogP contribution in [0.4, 0.5) is 17.6 Å². The summed E-state index contributed by atoms with van der Waals surface area (Å²) in [5, 5.41) is 0. The van der Waals surface area contributed by atoms with Crippen LogP contribution < -0.4 is 0 Å². The molecule has 0 N–H and O–H groups in total. The molecule has 174 valence electrons. The van der Waals surface area contributed by atoms with Gasteiger partial charge in [0.2, 0.25) is 0 Å². The van der Waals surface area contributed by atoms with Gasteiger partial charge < -0.3 is 9.47 Å². The third-order valence-electron chi connectivity index (χ3n) is 6.07. The van der Waals surface area contributed by atoms with E-state index < -0.39 is 29.6 Å². The molecule has 0 aliphatic carbocycles. The van der Waals surface area contributed by atoms with E-state index in [2.05, 4.69) is 6.92 Å². The van der Waals surface area contributed by atoms with Crippen LogP contribution in [-0.4, -0.2) is 13.2 Å². The molecule has 0 unspecified atom stereocenters. The van der Waals surface area contributed by atoms with Crippen LogP contribution in [-0.2, 0) is 9.47 Å². The van der Waals surface area contributed by atoms with E-state index in [0.717, 1.165) is 37.5 Å². The molecule has 0 aromatic heterocycles. The Bertz CT molecular complexity index is 1110. The first-order chi connectivity index (χ1) is 15.9. The maximum atomic E-state index is 14.9. The van der Waals surface area contributed by atoms with Crippen molar-refractivity contribution in [1.29, 1.82) is 0 Å². The van der Waals surface area contributed by atoms with Gasteiger partial charge in [-0.15, -0.1) is 0 Å². The van der Waals surface area contributed by atoms with Crippen molar-refractivity contribution >= 4 is 0 Å². The molecule has 0 saturated carbocycles. The van der Waals surface area contributed by atoms with Gasteiger partial charge in [0.25, 0.3) is 0 Å². The summed E-state index contributed by atoms with van der Waals surface area (Å²) < 4.78 is 69.0. The van der Waals surface area contributed by atoms with Gasteiger partial charge >= 0.3 is 0 Å². The summed E-state index contributed by atoms with van der Waals surface area (Å²) in [4.78, 5) is 0. The van der Waals surface area contributed by atoms with Crippen molar-refractivity contribution in [1.82, 2.24) is 0 Å². The third kappa shape index (κ3) is 5.12. The summed E-state index contributed by atoms with van der Waals surface area (Å²) in [6.07, 6.45) is 2.65. The Balaban J connectivity index is 1.52. The Morgan fingerprint density at radius 1 is 0.758 bits per heavy atom. The average molecular weight is 458 g/mol. The highest BCUT2D eigenvalue weighted by Crippen LogP contribution is 2.33. The van der Waals surface area contributed by atoms with Gasteiger partial charge in [-0.25, -0.2) is 17.6 Å². The molecule has 33 heavy (non-hydrogen) atoms. The molecule has 1 aliphatic heterocycles. The fourth-order valence-electron chi connectivity index (χ4n) is 4.02. The molecule has 6 heteroatoms. The van der Waals surface area contributed by atoms with Crippen LogP contribution in [0.2, 0.25) is 0 Å². The number of hydrogen-bond donors (Lipinski definition) is 0. The van der Waals surface area contributed by atoms with Gasteiger partial charge in [-0.1, -0.05) is 44.0 Å². The number of halogens is 4. The van der Waals surface area contributed by atoms with Crippen LogP contribution in [0.5, 0.6) is 0 Å². The SMILES string of the molecule is CCCCC1COC(c2ccc(-c3ccc(-c4cc(F)c(C)c(F)c4)c(F)c3)c(F)c2)OC1. The van der Waals surface area contributed by atoms with Crippen LogP contribution >= 0.6 is 0 Å². The highest BCUT2D eigenvalue weighted by molar-refractivity contribution is 5.71. The van der Waals surface area contributed by atoms with Crippen molar-refractivity contribution < 1.29 is 27.0 Å². The second-order valence-corrected chi connectivity index (χ2v) is 8.51. The molecule has 0 radical (unpaired) electrons. The molecule has 1 saturated heterocycles. The van der Waals surface area contributed by atoms with E-state index in [1.54, 1.807) is 12.1 Å². The minimum absolute atomic E-state index is 0.0372.